The van der Waals surface area contributed by atoms with Gasteiger partial charge >= 0.3 is 0 Å². The van der Waals surface area contributed by atoms with E-state index in [0.717, 1.165) is 22.2 Å². The quantitative estimate of drug-likeness (QED) is 0.208. The van der Waals surface area contributed by atoms with E-state index in [2.05, 4.69) is 115 Å². The smallest absolute Gasteiger partial charge is 0.0971 e. The molecule has 0 fully saturated rings. The maximum absolute atomic E-state index is 4.88. The van der Waals surface area contributed by atoms with Gasteiger partial charge in [0.2, 0.25) is 0 Å². The predicted octanol–water partition coefficient (Wildman–Crippen LogP) is 10.6. The van der Waals surface area contributed by atoms with Gasteiger partial charge < -0.3 is 0 Å². The average molecular weight is 539 g/mol. The lowest BCUT2D eigenvalue weighted by Gasteiger charge is -2.25. The Morgan fingerprint density at radius 1 is 0.415 bits per heavy atom. The van der Waals surface area contributed by atoms with Crippen LogP contribution in [0.4, 0.5) is 0 Å². The molecule has 0 spiro atoms. The highest BCUT2D eigenvalue weighted by Gasteiger charge is 2.26. The van der Waals surface area contributed by atoms with Gasteiger partial charge in [-0.3, -0.25) is 9.97 Å². The molecule has 1 aliphatic carbocycles. The molecule has 2 nitrogen and oxygen atoms in total. The molecule has 190 valence electrons. The maximum Gasteiger partial charge on any atom is 0.0971 e. The molecule has 41 heavy (non-hydrogen) atoms. The predicted molar refractivity (Wildman–Crippen MR) is 173 cm³/mol. The zero-order valence-electron chi connectivity index (χ0n) is 22.0. The van der Waals surface area contributed by atoms with E-state index in [4.69, 9.17) is 9.97 Å². The number of pyridine rings is 2. The largest absolute Gasteiger partial charge is 0.254 e. The third kappa shape index (κ3) is 3.24. The van der Waals surface area contributed by atoms with Crippen molar-refractivity contribution in [2.75, 3.05) is 0 Å². The minimum atomic E-state index is 0.905. The molecular formula is C38H22N2S. The van der Waals surface area contributed by atoms with Crippen molar-refractivity contribution in [1.82, 2.24) is 9.97 Å². The lowest BCUT2D eigenvalue weighted by Crippen LogP contribution is -2.00. The van der Waals surface area contributed by atoms with Crippen molar-refractivity contribution >= 4 is 42.5 Å². The van der Waals surface area contributed by atoms with Crippen molar-refractivity contribution in [2.24, 2.45) is 0 Å². The van der Waals surface area contributed by atoms with Crippen molar-refractivity contribution in [2.45, 2.75) is 0 Å². The van der Waals surface area contributed by atoms with E-state index in [1.807, 2.05) is 29.8 Å². The van der Waals surface area contributed by atoms with E-state index in [1.165, 1.54) is 64.7 Å². The van der Waals surface area contributed by atoms with Gasteiger partial charge in [-0.1, -0.05) is 103 Å². The molecule has 0 amide bonds. The summed E-state index contributed by atoms with van der Waals surface area (Å²) in [6, 6.07) is 43.8. The molecule has 0 aliphatic heterocycles. The molecule has 5 aromatic carbocycles. The molecular weight excluding hydrogens is 516 g/mol. The van der Waals surface area contributed by atoms with Gasteiger partial charge in [0.15, 0.2) is 0 Å². The maximum atomic E-state index is 4.88. The summed E-state index contributed by atoms with van der Waals surface area (Å²) in [4.78, 5) is 9.73. The van der Waals surface area contributed by atoms with E-state index in [1.54, 1.807) is 0 Å². The highest BCUT2D eigenvalue weighted by molar-refractivity contribution is 7.26. The summed E-state index contributed by atoms with van der Waals surface area (Å²) < 4.78 is 2.64. The Kier molecular flexibility index (Phi) is 4.80. The summed E-state index contributed by atoms with van der Waals surface area (Å²) in [5.41, 5.74) is 13.9. The first-order chi connectivity index (χ1) is 20.4. The van der Waals surface area contributed by atoms with Crippen molar-refractivity contribution in [3.05, 3.63) is 134 Å². The van der Waals surface area contributed by atoms with E-state index in [0.29, 0.717) is 0 Å². The van der Waals surface area contributed by atoms with Gasteiger partial charge in [-0.05, 0) is 57.1 Å². The van der Waals surface area contributed by atoms with Crippen LogP contribution in [0.1, 0.15) is 0 Å². The molecule has 3 aromatic heterocycles. The number of hydrogen-bond acceptors (Lipinski definition) is 3. The number of nitrogens with zero attached hydrogens (tertiary/aromatic N) is 2. The minimum Gasteiger partial charge on any atom is -0.254 e. The monoisotopic (exact) mass is 538 g/mol. The van der Waals surface area contributed by atoms with Gasteiger partial charge in [0.25, 0.3) is 0 Å². The second-order valence-electron chi connectivity index (χ2n) is 10.5. The second-order valence-corrected chi connectivity index (χ2v) is 11.6. The summed E-state index contributed by atoms with van der Waals surface area (Å²) in [6.07, 6.45) is 3.90. The standard InChI is InChI=1S/C38H22N2S/c1-2-11-24-23(10-1)26-15-7-16-29(31-18-8-17-30-25-12-5-6-20-34(25)41-38(30)31)35(26)27-13-3-4-14-28(27)36-32(24)22-40-33-19-9-21-39-37(33)36/h1-22H. The molecule has 0 unspecified atom stereocenters. The van der Waals surface area contributed by atoms with Crippen LogP contribution in [-0.2, 0) is 0 Å². The number of aromatic nitrogens is 2. The van der Waals surface area contributed by atoms with E-state index < -0.39 is 0 Å². The highest BCUT2D eigenvalue weighted by Crippen LogP contribution is 2.52. The fourth-order valence-electron chi connectivity index (χ4n) is 6.62. The van der Waals surface area contributed by atoms with Crippen LogP contribution in [-0.4, -0.2) is 9.97 Å². The lowest BCUT2D eigenvalue weighted by molar-refractivity contribution is 1.33. The van der Waals surface area contributed by atoms with Gasteiger partial charge in [0, 0.05) is 49.3 Å². The summed E-state index contributed by atoms with van der Waals surface area (Å²) in [6.45, 7) is 0. The summed E-state index contributed by atoms with van der Waals surface area (Å²) in [7, 11) is 0. The van der Waals surface area contributed by atoms with E-state index >= 15 is 0 Å². The van der Waals surface area contributed by atoms with Gasteiger partial charge in [-0.25, -0.2) is 0 Å². The average Bonchev–Trinajstić information content (AvgIpc) is 3.42. The molecule has 0 saturated heterocycles. The normalized spacial score (nSPS) is 11.9. The molecule has 3 heterocycles. The van der Waals surface area contributed by atoms with Crippen molar-refractivity contribution in [3.63, 3.8) is 0 Å². The Hall–Kier alpha value is -5.12. The summed E-state index contributed by atoms with van der Waals surface area (Å²) >= 11 is 1.88. The number of benzene rings is 5. The highest BCUT2D eigenvalue weighted by atomic mass is 32.1. The first-order valence-corrected chi connectivity index (χ1v) is 14.7. The second kappa shape index (κ2) is 8.69. The number of hydrogen-bond donors (Lipinski definition) is 0. The number of fused-ring (bicyclic) bond motifs is 13. The molecule has 0 radical (unpaired) electrons. The third-order valence-electron chi connectivity index (χ3n) is 8.36. The van der Waals surface area contributed by atoms with Crippen LogP contribution in [0.25, 0.3) is 86.8 Å². The van der Waals surface area contributed by atoms with E-state index in [-0.39, 0.29) is 0 Å². The van der Waals surface area contributed by atoms with Gasteiger partial charge in [-0.15, -0.1) is 11.3 Å². The van der Waals surface area contributed by atoms with Crippen LogP contribution < -0.4 is 0 Å². The number of thiophene rings is 1. The Morgan fingerprint density at radius 2 is 1.02 bits per heavy atom. The molecule has 0 atom stereocenters. The van der Waals surface area contributed by atoms with Crippen molar-refractivity contribution in [3.8, 4) is 55.6 Å². The van der Waals surface area contributed by atoms with Crippen LogP contribution in [0, 0.1) is 0 Å². The molecule has 0 saturated carbocycles. The van der Waals surface area contributed by atoms with Crippen molar-refractivity contribution < 1.29 is 0 Å². The van der Waals surface area contributed by atoms with Gasteiger partial charge in [0.05, 0.1) is 11.0 Å². The minimum absolute atomic E-state index is 0.905. The molecule has 3 heteroatoms. The summed E-state index contributed by atoms with van der Waals surface area (Å²) in [5.74, 6) is 0. The Balaban J connectivity index is 1.46. The van der Waals surface area contributed by atoms with Crippen LogP contribution in [0.2, 0.25) is 0 Å². The Morgan fingerprint density at radius 3 is 1.88 bits per heavy atom. The third-order valence-corrected chi connectivity index (χ3v) is 9.58. The SMILES string of the molecule is c1ccc2c(c1)-c1cccc(-c3cccc4c3sc3ccccc34)c1-c1ccccc1-c1c-2cnc2cccnc12. The molecule has 1 aliphatic rings. The summed E-state index contributed by atoms with van der Waals surface area (Å²) in [5, 5.41) is 2.63. The molecule has 0 bridgehead atoms. The van der Waals surface area contributed by atoms with Gasteiger partial charge in [-0.2, -0.15) is 0 Å². The van der Waals surface area contributed by atoms with Crippen LogP contribution in [0.3, 0.4) is 0 Å². The zero-order chi connectivity index (χ0) is 26.9. The molecule has 8 aromatic rings. The molecule has 9 rings (SSSR count). The molecule has 0 N–H and O–H groups in total. The van der Waals surface area contributed by atoms with E-state index in [9.17, 15) is 0 Å². The first-order valence-electron chi connectivity index (χ1n) is 13.8. The number of rotatable bonds is 1. The fraction of sp³-hybridized carbons (Fsp3) is 0. The first kappa shape index (κ1) is 22.7. The Labute approximate surface area is 241 Å². The van der Waals surface area contributed by atoms with Crippen LogP contribution in [0.15, 0.2) is 134 Å². The van der Waals surface area contributed by atoms with Crippen LogP contribution >= 0.6 is 11.3 Å². The zero-order valence-corrected chi connectivity index (χ0v) is 22.8. The van der Waals surface area contributed by atoms with Crippen molar-refractivity contribution in [1.29, 1.82) is 0 Å². The van der Waals surface area contributed by atoms with Crippen LogP contribution in [0.5, 0.6) is 0 Å². The van der Waals surface area contributed by atoms with Gasteiger partial charge in [0.1, 0.15) is 0 Å². The Bertz CT molecular complexity index is 2330. The fourth-order valence-corrected chi connectivity index (χ4v) is 7.85. The lowest BCUT2D eigenvalue weighted by atomic mass is 9.78. The topological polar surface area (TPSA) is 25.8 Å².